The number of hydrogen-bond acceptors (Lipinski definition) is 3. The Kier molecular flexibility index (Phi) is 3.74. The van der Waals surface area contributed by atoms with E-state index in [9.17, 15) is 9.59 Å². The van der Waals surface area contributed by atoms with Gasteiger partial charge in [0, 0.05) is 5.57 Å². The normalized spacial score (nSPS) is 13.9. The van der Waals surface area contributed by atoms with Crippen molar-refractivity contribution in [1.82, 2.24) is 0 Å². The van der Waals surface area contributed by atoms with E-state index in [-0.39, 0.29) is 12.5 Å². The number of fused-ring (bicyclic) bond motifs is 1. The topological polar surface area (TPSA) is 55.4 Å². The average molecular weight is 293 g/mol. The summed E-state index contributed by atoms with van der Waals surface area (Å²) in [6, 6.07) is 13.3. The number of carbonyl (C=O) groups excluding carboxylic acids is 2. The fraction of sp³-hybridized carbons (Fsp3) is 0.111. The molecule has 4 nitrogen and oxygen atoms in total. The third-order valence-corrected chi connectivity index (χ3v) is 3.48. The van der Waals surface area contributed by atoms with E-state index in [2.05, 4.69) is 5.32 Å². The molecule has 1 heterocycles. The van der Waals surface area contributed by atoms with Gasteiger partial charge in [-0.3, -0.25) is 9.59 Å². The Hall–Kier alpha value is -2.88. The molecule has 0 unspecified atom stereocenters. The van der Waals surface area contributed by atoms with Crippen LogP contribution in [0.4, 0.5) is 5.69 Å². The molecule has 0 atom stereocenters. The minimum absolute atomic E-state index is 0.0214. The second-order valence-corrected chi connectivity index (χ2v) is 5.13. The largest absolute Gasteiger partial charge is 0.481 e. The molecule has 1 N–H and O–H groups in total. The first-order valence-electron chi connectivity index (χ1n) is 6.97. The van der Waals surface area contributed by atoms with Crippen molar-refractivity contribution in [2.45, 2.75) is 6.92 Å². The number of anilines is 1. The molecule has 3 rings (SSSR count). The summed E-state index contributed by atoms with van der Waals surface area (Å²) >= 11 is 0. The van der Waals surface area contributed by atoms with Crippen LogP contribution in [0.3, 0.4) is 0 Å². The Morgan fingerprint density at radius 2 is 2.00 bits per heavy atom. The highest BCUT2D eigenvalue weighted by molar-refractivity contribution is 6.14. The van der Waals surface area contributed by atoms with Gasteiger partial charge in [0.15, 0.2) is 12.9 Å². The predicted octanol–water partition coefficient (Wildman–Crippen LogP) is 3.07. The lowest BCUT2D eigenvalue weighted by Crippen LogP contribution is -2.26. The van der Waals surface area contributed by atoms with Crippen LogP contribution in [0.2, 0.25) is 0 Å². The highest BCUT2D eigenvalue weighted by Crippen LogP contribution is 2.34. The number of hydrogen-bond donors (Lipinski definition) is 1. The summed E-state index contributed by atoms with van der Waals surface area (Å²) in [6.45, 7) is 1.92. The first kappa shape index (κ1) is 14.1. The van der Waals surface area contributed by atoms with Crippen molar-refractivity contribution < 1.29 is 14.3 Å². The maximum Gasteiger partial charge on any atom is 0.262 e. The van der Waals surface area contributed by atoms with Crippen LogP contribution >= 0.6 is 0 Å². The Balaban J connectivity index is 2.05. The first-order valence-corrected chi connectivity index (χ1v) is 6.97. The van der Waals surface area contributed by atoms with E-state index in [0.717, 1.165) is 23.0 Å². The highest BCUT2D eigenvalue weighted by Gasteiger charge is 2.19. The van der Waals surface area contributed by atoms with Crippen molar-refractivity contribution in [2.75, 3.05) is 11.9 Å². The van der Waals surface area contributed by atoms with Gasteiger partial charge >= 0.3 is 0 Å². The van der Waals surface area contributed by atoms with Gasteiger partial charge < -0.3 is 10.1 Å². The number of nitrogens with one attached hydrogen (secondary N) is 1. The minimum atomic E-state index is -0.191. The Morgan fingerprint density at radius 3 is 2.73 bits per heavy atom. The van der Waals surface area contributed by atoms with Gasteiger partial charge in [0.2, 0.25) is 0 Å². The van der Waals surface area contributed by atoms with E-state index >= 15 is 0 Å². The van der Waals surface area contributed by atoms with E-state index in [1.807, 2.05) is 49.4 Å². The number of ether oxygens (including phenoxy) is 1. The summed E-state index contributed by atoms with van der Waals surface area (Å²) < 4.78 is 5.43. The molecule has 0 saturated heterocycles. The quantitative estimate of drug-likeness (QED) is 0.537. The van der Waals surface area contributed by atoms with Gasteiger partial charge in [-0.2, -0.15) is 0 Å². The fourth-order valence-corrected chi connectivity index (χ4v) is 2.46. The molecule has 2 aromatic rings. The van der Waals surface area contributed by atoms with Crippen LogP contribution in [0, 0.1) is 6.92 Å². The molecular formula is C18H15NO3. The van der Waals surface area contributed by atoms with Crippen LogP contribution < -0.4 is 10.1 Å². The standard InChI is InChI=1S/C18H15NO3/c1-12-7-14(9-16-18(12)22-11-17(21)19-16)15(10-20)8-13-5-3-2-4-6-13/h2-10H,11H2,1H3,(H,19,21). The third kappa shape index (κ3) is 2.76. The van der Waals surface area contributed by atoms with Crippen LogP contribution in [0.15, 0.2) is 42.5 Å². The van der Waals surface area contributed by atoms with Crippen LogP contribution in [-0.4, -0.2) is 18.8 Å². The number of aryl methyl sites for hydroxylation is 1. The fourth-order valence-electron chi connectivity index (χ4n) is 2.46. The van der Waals surface area contributed by atoms with Gasteiger partial charge in [0.25, 0.3) is 5.91 Å². The second kappa shape index (κ2) is 5.85. The van der Waals surface area contributed by atoms with Gasteiger partial charge in [0.1, 0.15) is 5.75 Å². The Bertz CT molecular complexity index is 763. The maximum absolute atomic E-state index is 11.5. The van der Waals surface area contributed by atoms with Crippen molar-refractivity contribution >= 4 is 29.5 Å². The number of allylic oxidation sites excluding steroid dienone is 1. The zero-order valence-electron chi connectivity index (χ0n) is 12.1. The van der Waals surface area contributed by atoms with Gasteiger partial charge in [-0.25, -0.2) is 0 Å². The van der Waals surface area contributed by atoms with Crippen molar-refractivity contribution in [3.63, 3.8) is 0 Å². The van der Waals surface area contributed by atoms with E-state index < -0.39 is 0 Å². The molecule has 4 heteroatoms. The summed E-state index contributed by atoms with van der Waals surface area (Å²) in [6.07, 6.45) is 2.64. The molecule has 0 fully saturated rings. The van der Waals surface area contributed by atoms with Crippen molar-refractivity contribution in [3.8, 4) is 5.75 Å². The van der Waals surface area contributed by atoms with Gasteiger partial charge in [-0.05, 0) is 41.8 Å². The highest BCUT2D eigenvalue weighted by atomic mass is 16.5. The number of amides is 1. The van der Waals surface area contributed by atoms with Gasteiger partial charge in [-0.15, -0.1) is 0 Å². The molecule has 0 aromatic heterocycles. The van der Waals surface area contributed by atoms with E-state index in [1.165, 1.54) is 0 Å². The summed E-state index contributed by atoms with van der Waals surface area (Å²) in [4.78, 5) is 22.9. The minimum Gasteiger partial charge on any atom is -0.481 e. The zero-order valence-corrected chi connectivity index (χ0v) is 12.1. The molecule has 2 aromatic carbocycles. The lowest BCUT2D eigenvalue weighted by molar-refractivity contribution is -0.118. The number of rotatable bonds is 3. The Morgan fingerprint density at radius 1 is 1.23 bits per heavy atom. The maximum atomic E-state index is 11.5. The summed E-state index contributed by atoms with van der Waals surface area (Å²) in [5.74, 6) is 0.469. The molecule has 110 valence electrons. The lowest BCUT2D eigenvalue weighted by Gasteiger charge is -2.20. The molecule has 0 aliphatic carbocycles. The molecule has 1 amide bonds. The van der Waals surface area contributed by atoms with E-state index in [1.54, 1.807) is 6.07 Å². The second-order valence-electron chi connectivity index (χ2n) is 5.13. The number of benzene rings is 2. The molecule has 22 heavy (non-hydrogen) atoms. The average Bonchev–Trinajstić information content (AvgIpc) is 2.53. The summed E-state index contributed by atoms with van der Waals surface area (Å²) in [5.41, 5.74) is 3.73. The third-order valence-electron chi connectivity index (χ3n) is 3.48. The zero-order chi connectivity index (χ0) is 15.5. The molecule has 0 spiro atoms. The smallest absolute Gasteiger partial charge is 0.262 e. The first-order chi connectivity index (χ1) is 10.7. The SMILES string of the molecule is Cc1cc(C(C=O)=Cc2ccccc2)cc2c1OCC(=O)N2. The van der Waals surface area contributed by atoms with Crippen molar-refractivity contribution in [1.29, 1.82) is 0 Å². The molecule has 1 aliphatic heterocycles. The monoisotopic (exact) mass is 293 g/mol. The Labute approximate surface area is 128 Å². The van der Waals surface area contributed by atoms with Crippen molar-refractivity contribution in [3.05, 3.63) is 59.2 Å². The van der Waals surface area contributed by atoms with Crippen LogP contribution in [0.5, 0.6) is 5.75 Å². The molecule has 0 saturated carbocycles. The van der Waals surface area contributed by atoms with Crippen LogP contribution in [-0.2, 0) is 9.59 Å². The number of aldehydes is 1. The van der Waals surface area contributed by atoms with Crippen molar-refractivity contribution in [2.24, 2.45) is 0 Å². The predicted molar refractivity (Wildman–Crippen MR) is 85.7 cm³/mol. The molecule has 0 radical (unpaired) electrons. The molecule has 0 bridgehead atoms. The van der Waals surface area contributed by atoms with Crippen LogP contribution in [0.1, 0.15) is 16.7 Å². The molecule has 1 aliphatic rings. The van der Waals surface area contributed by atoms with Crippen LogP contribution in [0.25, 0.3) is 11.6 Å². The lowest BCUT2D eigenvalue weighted by atomic mass is 10.00. The van der Waals surface area contributed by atoms with E-state index in [0.29, 0.717) is 17.0 Å². The summed E-state index contributed by atoms with van der Waals surface area (Å²) in [7, 11) is 0. The van der Waals surface area contributed by atoms with Gasteiger partial charge in [0.05, 0.1) is 5.69 Å². The summed E-state index contributed by atoms with van der Waals surface area (Å²) in [5, 5.41) is 2.78. The number of carbonyl (C=O) groups is 2. The van der Waals surface area contributed by atoms with Gasteiger partial charge in [-0.1, -0.05) is 30.3 Å². The van der Waals surface area contributed by atoms with E-state index in [4.69, 9.17) is 4.74 Å². The molecular weight excluding hydrogens is 278 g/mol.